The van der Waals surface area contributed by atoms with E-state index in [1.165, 1.54) is 5.57 Å². The quantitative estimate of drug-likeness (QED) is 0.742. The van der Waals surface area contributed by atoms with Crippen molar-refractivity contribution in [3.8, 4) is 0 Å². The van der Waals surface area contributed by atoms with E-state index >= 15 is 0 Å². The summed E-state index contributed by atoms with van der Waals surface area (Å²) in [4.78, 5) is 11.6. The van der Waals surface area contributed by atoms with Crippen LogP contribution in [-0.2, 0) is 7.05 Å². The maximum atomic E-state index is 11.6. The summed E-state index contributed by atoms with van der Waals surface area (Å²) in [5.74, 6) is 0. The van der Waals surface area contributed by atoms with Crippen molar-refractivity contribution in [3.05, 3.63) is 39.8 Å². The first-order valence-electron chi connectivity index (χ1n) is 5.26. The van der Waals surface area contributed by atoms with E-state index in [-0.39, 0.29) is 5.56 Å². The third-order valence-electron chi connectivity index (χ3n) is 2.94. The number of aromatic nitrogens is 1. The van der Waals surface area contributed by atoms with Gasteiger partial charge in [0.2, 0.25) is 0 Å². The molecule has 1 aromatic rings. The van der Waals surface area contributed by atoms with Gasteiger partial charge in [0.25, 0.3) is 5.56 Å². The van der Waals surface area contributed by atoms with Gasteiger partial charge in [0.1, 0.15) is 0 Å². The minimum absolute atomic E-state index is 0.0735. The lowest BCUT2D eigenvalue weighted by Crippen LogP contribution is -2.22. The van der Waals surface area contributed by atoms with Gasteiger partial charge in [-0.15, -0.1) is 0 Å². The molecule has 0 radical (unpaired) electrons. The lowest BCUT2D eigenvalue weighted by Gasteiger charge is -2.15. The van der Waals surface area contributed by atoms with Crippen LogP contribution in [0.25, 0.3) is 5.57 Å². The van der Waals surface area contributed by atoms with Gasteiger partial charge in [-0.25, -0.2) is 0 Å². The second kappa shape index (κ2) is 4.03. The molecular formula is C12H16N2O. The SMILES string of the molecule is Cc1cc(C2=CCNCC2)cc(=O)n1C. The molecule has 3 heteroatoms. The van der Waals surface area contributed by atoms with Crippen LogP contribution in [0, 0.1) is 6.92 Å². The Bertz CT molecular complexity index is 457. The summed E-state index contributed by atoms with van der Waals surface area (Å²) in [6.45, 7) is 3.87. The molecule has 0 saturated carbocycles. The molecule has 15 heavy (non-hydrogen) atoms. The van der Waals surface area contributed by atoms with Crippen molar-refractivity contribution in [2.45, 2.75) is 13.3 Å². The summed E-state index contributed by atoms with van der Waals surface area (Å²) >= 11 is 0. The molecule has 1 aromatic heterocycles. The van der Waals surface area contributed by atoms with E-state index in [1.54, 1.807) is 17.7 Å². The zero-order valence-electron chi connectivity index (χ0n) is 9.21. The zero-order chi connectivity index (χ0) is 10.8. The topological polar surface area (TPSA) is 34.0 Å². The molecule has 0 aromatic carbocycles. The van der Waals surface area contributed by atoms with Crippen LogP contribution in [0.4, 0.5) is 0 Å². The number of aryl methyl sites for hydroxylation is 1. The molecule has 80 valence electrons. The summed E-state index contributed by atoms with van der Waals surface area (Å²) in [6.07, 6.45) is 3.17. The van der Waals surface area contributed by atoms with Crippen LogP contribution in [0.3, 0.4) is 0 Å². The minimum atomic E-state index is 0.0735. The van der Waals surface area contributed by atoms with Gasteiger partial charge in [0.15, 0.2) is 0 Å². The molecule has 0 fully saturated rings. The number of pyridine rings is 1. The average Bonchev–Trinajstić information content (AvgIpc) is 2.26. The molecule has 1 N–H and O–H groups in total. The number of hydrogen-bond donors (Lipinski definition) is 1. The third-order valence-corrected chi connectivity index (χ3v) is 2.94. The van der Waals surface area contributed by atoms with Gasteiger partial charge < -0.3 is 9.88 Å². The van der Waals surface area contributed by atoms with E-state index in [1.807, 2.05) is 6.92 Å². The lowest BCUT2D eigenvalue weighted by molar-refractivity contribution is 0.737. The first kappa shape index (κ1) is 10.2. The maximum Gasteiger partial charge on any atom is 0.251 e. The fourth-order valence-corrected chi connectivity index (χ4v) is 1.84. The van der Waals surface area contributed by atoms with Gasteiger partial charge in [-0.05, 0) is 37.1 Å². The van der Waals surface area contributed by atoms with Crippen molar-refractivity contribution in [2.75, 3.05) is 13.1 Å². The highest BCUT2D eigenvalue weighted by molar-refractivity contribution is 5.66. The molecule has 0 saturated heterocycles. The Morgan fingerprint density at radius 2 is 2.20 bits per heavy atom. The van der Waals surface area contributed by atoms with Crippen molar-refractivity contribution in [2.24, 2.45) is 7.05 Å². The number of nitrogens with zero attached hydrogens (tertiary/aromatic N) is 1. The smallest absolute Gasteiger partial charge is 0.251 e. The Balaban J connectivity index is 2.45. The number of hydrogen-bond acceptors (Lipinski definition) is 2. The fourth-order valence-electron chi connectivity index (χ4n) is 1.84. The van der Waals surface area contributed by atoms with Crippen molar-refractivity contribution >= 4 is 5.57 Å². The number of rotatable bonds is 1. The Hall–Kier alpha value is -1.35. The van der Waals surface area contributed by atoms with Crippen LogP contribution in [0.2, 0.25) is 0 Å². The summed E-state index contributed by atoms with van der Waals surface area (Å²) < 4.78 is 1.67. The van der Waals surface area contributed by atoms with Gasteiger partial charge in [0, 0.05) is 25.4 Å². The van der Waals surface area contributed by atoms with Gasteiger partial charge in [-0.2, -0.15) is 0 Å². The molecule has 1 aliphatic heterocycles. The standard InChI is InChI=1S/C12H16N2O/c1-9-7-11(8-12(15)14(9)2)10-3-5-13-6-4-10/h3,7-8,13H,4-6H2,1-2H3. The first-order valence-corrected chi connectivity index (χ1v) is 5.26. The largest absolute Gasteiger partial charge is 0.316 e. The van der Waals surface area contributed by atoms with Crippen LogP contribution in [-0.4, -0.2) is 17.7 Å². The predicted molar refractivity (Wildman–Crippen MR) is 61.9 cm³/mol. The van der Waals surface area contributed by atoms with Gasteiger partial charge >= 0.3 is 0 Å². The molecule has 0 spiro atoms. The normalized spacial score (nSPS) is 16.3. The molecule has 1 aliphatic rings. The van der Waals surface area contributed by atoms with Crippen LogP contribution < -0.4 is 10.9 Å². The van der Waals surface area contributed by atoms with E-state index in [2.05, 4.69) is 17.5 Å². The summed E-state index contributed by atoms with van der Waals surface area (Å²) in [7, 11) is 1.80. The highest BCUT2D eigenvalue weighted by atomic mass is 16.1. The Labute approximate surface area is 89.4 Å². The summed E-state index contributed by atoms with van der Waals surface area (Å²) in [5.41, 5.74) is 3.45. The van der Waals surface area contributed by atoms with Gasteiger partial charge in [-0.1, -0.05) is 6.08 Å². The molecule has 0 unspecified atom stereocenters. The van der Waals surface area contributed by atoms with E-state index < -0.39 is 0 Å². The zero-order valence-corrected chi connectivity index (χ0v) is 9.21. The maximum absolute atomic E-state index is 11.6. The van der Waals surface area contributed by atoms with Crippen molar-refractivity contribution < 1.29 is 0 Å². The molecule has 3 nitrogen and oxygen atoms in total. The molecule has 2 rings (SSSR count). The average molecular weight is 204 g/mol. The van der Waals surface area contributed by atoms with Gasteiger partial charge in [0.05, 0.1) is 0 Å². The van der Waals surface area contributed by atoms with Crippen molar-refractivity contribution in [1.29, 1.82) is 0 Å². The van der Waals surface area contributed by atoms with E-state index in [4.69, 9.17) is 0 Å². The second-order valence-corrected chi connectivity index (χ2v) is 3.97. The first-order chi connectivity index (χ1) is 7.18. The van der Waals surface area contributed by atoms with Crippen LogP contribution in [0.5, 0.6) is 0 Å². The predicted octanol–water partition coefficient (Wildman–Crippen LogP) is 1.07. The molecule has 2 heterocycles. The molecule has 0 atom stereocenters. The van der Waals surface area contributed by atoms with E-state index in [9.17, 15) is 4.79 Å². The number of nitrogens with one attached hydrogen (secondary N) is 1. The molecule has 0 aliphatic carbocycles. The van der Waals surface area contributed by atoms with Crippen LogP contribution >= 0.6 is 0 Å². The van der Waals surface area contributed by atoms with Gasteiger partial charge in [-0.3, -0.25) is 4.79 Å². The van der Waals surface area contributed by atoms with Crippen molar-refractivity contribution in [1.82, 2.24) is 9.88 Å². The van der Waals surface area contributed by atoms with E-state index in [0.29, 0.717) is 0 Å². The summed E-state index contributed by atoms with van der Waals surface area (Å²) in [5, 5.41) is 3.27. The molecular weight excluding hydrogens is 188 g/mol. The minimum Gasteiger partial charge on any atom is -0.316 e. The Morgan fingerprint density at radius 3 is 2.80 bits per heavy atom. The molecule has 0 bridgehead atoms. The summed E-state index contributed by atoms with van der Waals surface area (Å²) in [6, 6.07) is 3.81. The van der Waals surface area contributed by atoms with E-state index in [0.717, 1.165) is 30.8 Å². The van der Waals surface area contributed by atoms with Crippen LogP contribution in [0.1, 0.15) is 17.7 Å². The highest BCUT2D eigenvalue weighted by Crippen LogP contribution is 2.18. The Morgan fingerprint density at radius 1 is 1.40 bits per heavy atom. The second-order valence-electron chi connectivity index (χ2n) is 3.97. The third kappa shape index (κ3) is 2.02. The molecule has 0 amide bonds. The van der Waals surface area contributed by atoms with Crippen molar-refractivity contribution in [3.63, 3.8) is 0 Å². The fraction of sp³-hybridized carbons (Fsp3) is 0.417. The van der Waals surface area contributed by atoms with Crippen LogP contribution in [0.15, 0.2) is 23.0 Å². The Kier molecular flexibility index (Phi) is 2.73. The highest BCUT2D eigenvalue weighted by Gasteiger charge is 2.07. The monoisotopic (exact) mass is 204 g/mol. The lowest BCUT2D eigenvalue weighted by atomic mass is 10.0.